The van der Waals surface area contributed by atoms with E-state index >= 15 is 0 Å². The monoisotopic (exact) mass is 634 g/mol. The number of aromatic amines is 2. The summed E-state index contributed by atoms with van der Waals surface area (Å²) in [5, 5.41) is 19.8. The van der Waals surface area contributed by atoms with Crippen LogP contribution in [-0.4, -0.2) is 74.9 Å². The quantitative estimate of drug-likeness (QED) is 0.0988. The molecule has 0 bridgehead atoms. The molecular weight excluding hydrogens is 592 g/mol. The van der Waals surface area contributed by atoms with Crippen LogP contribution in [0.2, 0.25) is 0 Å². The van der Waals surface area contributed by atoms with Crippen molar-refractivity contribution in [3.8, 4) is 0 Å². The molecule has 0 fully saturated rings. The maximum absolute atomic E-state index is 13.9. The third-order valence-electron chi connectivity index (χ3n) is 8.20. The SMILES string of the molecule is CCC(C)C(NC(=O)C(Cc1c[nH]c2ccccc12)NC(=O)C(N)Cc1c[nH]c2ccccc12)C(=O)NC(CCSC)C(=O)O. The fourth-order valence-electron chi connectivity index (χ4n) is 5.35. The van der Waals surface area contributed by atoms with Crippen LogP contribution in [0.1, 0.15) is 37.8 Å². The van der Waals surface area contributed by atoms with Gasteiger partial charge in [0.15, 0.2) is 0 Å². The van der Waals surface area contributed by atoms with Crippen molar-refractivity contribution in [3.05, 3.63) is 72.1 Å². The summed E-state index contributed by atoms with van der Waals surface area (Å²) in [7, 11) is 0. The summed E-state index contributed by atoms with van der Waals surface area (Å²) in [5.74, 6) is -2.55. The minimum atomic E-state index is -1.14. The highest BCUT2D eigenvalue weighted by molar-refractivity contribution is 7.98. The van der Waals surface area contributed by atoms with E-state index in [0.717, 1.165) is 32.9 Å². The molecule has 12 heteroatoms. The number of fused-ring (bicyclic) bond motifs is 2. The highest BCUT2D eigenvalue weighted by Gasteiger charge is 2.33. The van der Waals surface area contributed by atoms with Crippen LogP contribution in [0.5, 0.6) is 0 Å². The number of H-pyrrole nitrogens is 2. The summed E-state index contributed by atoms with van der Waals surface area (Å²) in [4.78, 5) is 58.9. The molecular formula is C33H42N6O5S. The molecule has 2 aromatic carbocycles. The fourth-order valence-corrected chi connectivity index (χ4v) is 5.82. The number of nitrogens with two attached hydrogens (primary N) is 1. The third-order valence-corrected chi connectivity index (χ3v) is 8.85. The average Bonchev–Trinajstić information content (AvgIpc) is 3.64. The molecule has 5 atom stereocenters. The summed E-state index contributed by atoms with van der Waals surface area (Å²) < 4.78 is 0. The van der Waals surface area contributed by atoms with E-state index in [1.807, 2.05) is 74.8 Å². The van der Waals surface area contributed by atoms with Gasteiger partial charge in [0.05, 0.1) is 6.04 Å². The van der Waals surface area contributed by atoms with Crippen LogP contribution in [0.15, 0.2) is 60.9 Å². The van der Waals surface area contributed by atoms with Gasteiger partial charge in [0, 0.05) is 40.6 Å². The van der Waals surface area contributed by atoms with Crippen molar-refractivity contribution in [2.45, 2.75) is 63.7 Å². The van der Waals surface area contributed by atoms with Gasteiger partial charge in [-0.3, -0.25) is 14.4 Å². The Kier molecular flexibility index (Phi) is 11.7. The maximum Gasteiger partial charge on any atom is 0.326 e. The predicted molar refractivity (Wildman–Crippen MR) is 178 cm³/mol. The average molecular weight is 635 g/mol. The zero-order valence-corrected chi connectivity index (χ0v) is 26.6. The van der Waals surface area contributed by atoms with Gasteiger partial charge >= 0.3 is 5.97 Å². The van der Waals surface area contributed by atoms with Gasteiger partial charge in [0.1, 0.15) is 18.1 Å². The van der Waals surface area contributed by atoms with Gasteiger partial charge in [-0.15, -0.1) is 0 Å². The third kappa shape index (κ3) is 8.46. The first kappa shape index (κ1) is 33.6. The smallest absolute Gasteiger partial charge is 0.326 e. The van der Waals surface area contributed by atoms with Crippen LogP contribution in [0.4, 0.5) is 0 Å². The molecule has 0 radical (unpaired) electrons. The second-order valence-electron chi connectivity index (χ2n) is 11.3. The first-order chi connectivity index (χ1) is 21.6. The number of hydrogen-bond acceptors (Lipinski definition) is 6. The number of carboxylic acid groups (broad SMARTS) is 1. The first-order valence-corrected chi connectivity index (χ1v) is 16.5. The summed E-state index contributed by atoms with van der Waals surface area (Å²) in [6, 6.07) is 11.3. The summed E-state index contributed by atoms with van der Waals surface area (Å²) in [5.41, 5.74) is 9.88. The summed E-state index contributed by atoms with van der Waals surface area (Å²) in [6.07, 6.45) is 6.67. The molecule has 2 aromatic heterocycles. The van der Waals surface area contributed by atoms with E-state index in [9.17, 15) is 24.3 Å². The molecule has 0 saturated heterocycles. The van der Waals surface area contributed by atoms with Crippen molar-refractivity contribution >= 4 is 57.3 Å². The number of carboxylic acids is 1. The van der Waals surface area contributed by atoms with Gasteiger partial charge in [-0.25, -0.2) is 4.79 Å². The Bertz CT molecular complexity index is 1630. The van der Waals surface area contributed by atoms with Crippen molar-refractivity contribution in [3.63, 3.8) is 0 Å². The molecule has 0 aliphatic rings. The number of hydrogen-bond donors (Lipinski definition) is 7. The minimum absolute atomic E-state index is 0.141. The number of benzene rings is 2. The molecule has 8 N–H and O–H groups in total. The summed E-state index contributed by atoms with van der Waals surface area (Å²) >= 11 is 1.48. The Balaban J connectivity index is 1.55. The van der Waals surface area contributed by atoms with Crippen LogP contribution < -0.4 is 21.7 Å². The van der Waals surface area contributed by atoms with Gasteiger partial charge in [0.2, 0.25) is 17.7 Å². The van der Waals surface area contributed by atoms with Crippen LogP contribution in [0.3, 0.4) is 0 Å². The molecule has 45 heavy (non-hydrogen) atoms. The van der Waals surface area contributed by atoms with E-state index < -0.39 is 47.9 Å². The standard InChI is InChI=1S/C33H42N6O5S/c1-4-19(2)29(32(42)37-27(33(43)44)13-14-45-3)39-31(41)28(16-21-18-36-26-12-8-6-10-23(21)26)38-30(40)24(34)15-20-17-35-25-11-7-5-9-22(20)25/h5-12,17-19,24,27-29,35-36H,4,13-16,34H2,1-3H3,(H,37,42)(H,38,40)(H,39,41)(H,43,44). The van der Waals surface area contributed by atoms with Gasteiger partial charge < -0.3 is 36.8 Å². The highest BCUT2D eigenvalue weighted by Crippen LogP contribution is 2.21. The number of thioether (sulfide) groups is 1. The van der Waals surface area contributed by atoms with Crippen molar-refractivity contribution in [2.75, 3.05) is 12.0 Å². The van der Waals surface area contributed by atoms with E-state index in [0.29, 0.717) is 12.2 Å². The molecule has 11 nitrogen and oxygen atoms in total. The number of nitrogens with one attached hydrogen (secondary N) is 5. The molecule has 3 amide bonds. The Morgan fingerprint density at radius 1 is 0.822 bits per heavy atom. The number of aromatic nitrogens is 2. The van der Waals surface area contributed by atoms with Crippen LogP contribution in [-0.2, 0) is 32.0 Å². The largest absolute Gasteiger partial charge is 0.480 e. The number of carbonyl (C=O) groups excluding carboxylic acids is 3. The zero-order chi connectivity index (χ0) is 32.5. The van der Waals surface area contributed by atoms with Gasteiger partial charge in [0.25, 0.3) is 0 Å². The number of carbonyl (C=O) groups is 4. The van der Waals surface area contributed by atoms with Gasteiger partial charge in [-0.1, -0.05) is 56.7 Å². The minimum Gasteiger partial charge on any atom is -0.480 e. The second-order valence-corrected chi connectivity index (χ2v) is 12.3. The highest BCUT2D eigenvalue weighted by atomic mass is 32.2. The van der Waals surface area contributed by atoms with Crippen molar-refractivity contribution in [1.29, 1.82) is 0 Å². The molecule has 0 aliphatic carbocycles. The molecule has 4 rings (SSSR count). The van der Waals surface area contributed by atoms with Crippen molar-refractivity contribution in [1.82, 2.24) is 25.9 Å². The van der Waals surface area contributed by atoms with E-state index in [4.69, 9.17) is 5.73 Å². The normalized spacial score (nSPS) is 14.8. The molecule has 0 aliphatic heterocycles. The lowest BCUT2D eigenvalue weighted by atomic mass is 9.96. The fraction of sp³-hybridized carbons (Fsp3) is 0.394. The van der Waals surface area contributed by atoms with Crippen LogP contribution in [0, 0.1) is 5.92 Å². The topological polar surface area (TPSA) is 182 Å². The lowest BCUT2D eigenvalue weighted by Crippen LogP contribution is -2.59. The Hall–Kier alpha value is -4.29. The van der Waals surface area contributed by atoms with Crippen molar-refractivity contribution < 1.29 is 24.3 Å². The zero-order valence-electron chi connectivity index (χ0n) is 25.8. The second kappa shape index (κ2) is 15.6. The van der Waals surface area contributed by atoms with Gasteiger partial charge in [-0.2, -0.15) is 11.8 Å². The Labute approximate surface area is 266 Å². The van der Waals surface area contributed by atoms with Crippen molar-refractivity contribution in [2.24, 2.45) is 11.7 Å². The van der Waals surface area contributed by atoms with Crippen LogP contribution in [0.25, 0.3) is 21.8 Å². The maximum atomic E-state index is 13.9. The van der Waals surface area contributed by atoms with E-state index in [1.54, 1.807) is 6.20 Å². The van der Waals surface area contributed by atoms with Crippen LogP contribution >= 0.6 is 11.8 Å². The molecule has 0 saturated carbocycles. The molecule has 240 valence electrons. The number of amides is 3. The number of aliphatic carboxylic acids is 1. The number of rotatable bonds is 16. The van der Waals surface area contributed by atoms with E-state index in [1.165, 1.54) is 11.8 Å². The van der Waals surface area contributed by atoms with Gasteiger partial charge in [-0.05, 0) is 54.0 Å². The summed E-state index contributed by atoms with van der Waals surface area (Å²) in [6.45, 7) is 3.70. The first-order valence-electron chi connectivity index (χ1n) is 15.1. The lowest BCUT2D eigenvalue weighted by Gasteiger charge is -2.28. The van der Waals surface area contributed by atoms with E-state index in [-0.39, 0.29) is 25.2 Å². The van der Waals surface area contributed by atoms with E-state index in [2.05, 4.69) is 25.9 Å². The number of para-hydroxylation sites is 2. The lowest BCUT2D eigenvalue weighted by molar-refractivity contribution is -0.142. The predicted octanol–water partition coefficient (Wildman–Crippen LogP) is 3.10. The Morgan fingerprint density at radius 2 is 1.38 bits per heavy atom. The molecule has 5 unspecified atom stereocenters. The molecule has 4 aromatic rings. The molecule has 2 heterocycles. The molecule has 0 spiro atoms. The Morgan fingerprint density at radius 3 is 1.93 bits per heavy atom.